The Balaban J connectivity index is 2.00. The van der Waals surface area contributed by atoms with Gasteiger partial charge in [0.2, 0.25) is 0 Å². The van der Waals surface area contributed by atoms with Crippen molar-refractivity contribution >= 4 is 29.0 Å². The lowest BCUT2D eigenvalue weighted by Crippen LogP contribution is -2.35. The van der Waals surface area contributed by atoms with E-state index in [0.717, 1.165) is 11.4 Å². The molecule has 2 N–H and O–H groups in total. The first-order valence-corrected chi connectivity index (χ1v) is 8.30. The number of nitro benzene ring substituents is 1. The summed E-state index contributed by atoms with van der Waals surface area (Å²) in [5.41, 5.74) is 1.44. The van der Waals surface area contributed by atoms with Gasteiger partial charge in [-0.2, -0.15) is 0 Å². The molecule has 0 saturated carbocycles. The van der Waals surface area contributed by atoms with Crippen LogP contribution >= 0.6 is 0 Å². The van der Waals surface area contributed by atoms with Crippen molar-refractivity contribution < 1.29 is 14.5 Å². The lowest BCUT2D eigenvalue weighted by atomic mass is 10.1. The molecule has 0 atom stereocenters. The van der Waals surface area contributed by atoms with Crippen LogP contribution in [0.5, 0.6) is 0 Å². The van der Waals surface area contributed by atoms with Crippen molar-refractivity contribution in [2.24, 2.45) is 0 Å². The lowest BCUT2D eigenvalue weighted by molar-refractivity contribution is -0.385. The molecule has 0 radical (unpaired) electrons. The van der Waals surface area contributed by atoms with Crippen molar-refractivity contribution in [2.45, 2.75) is 19.9 Å². The summed E-state index contributed by atoms with van der Waals surface area (Å²) in [6.07, 6.45) is 2.11. The highest BCUT2D eigenvalue weighted by atomic mass is 16.6. The molecule has 0 unspecified atom stereocenters. The molecule has 142 valence electrons. The van der Waals surface area contributed by atoms with E-state index < -0.39 is 16.7 Å². The second-order valence-electron chi connectivity index (χ2n) is 6.01. The number of carbonyl (C=O) groups is 2. The number of amides is 2. The zero-order chi connectivity index (χ0) is 20.0. The summed E-state index contributed by atoms with van der Waals surface area (Å²) in [6.45, 7) is 1.96. The molecule has 0 fully saturated rings. The molecule has 1 aromatic carbocycles. The summed E-state index contributed by atoms with van der Waals surface area (Å²) < 4.78 is 0. The molecular formula is C18H21N5O4. The molecule has 1 heterocycles. The minimum Gasteiger partial charge on any atom is -0.363 e. The minimum absolute atomic E-state index is 0.0938. The Morgan fingerprint density at radius 1 is 1.19 bits per heavy atom. The van der Waals surface area contributed by atoms with E-state index in [-0.39, 0.29) is 17.9 Å². The van der Waals surface area contributed by atoms with Gasteiger partial charge >= 0.3 is 11.8 Å². The molecule has 2 amide bonds. The van der Waals surface area contributed by atoms with Crippen LogP contribution < -0.4 is 15.5 Å². The maximum Gasteiger partial charge on any atom is 0.313 e. The highest BCUT2D eigenvalue weighted by molar-refractivity contribution is 6.39. The van der Waals surface area contributed by atoms with Gasteiger partial charge < -0.3 is 15.5 Å². The maximum absolute atomic E-state index is 12.0. The third-order valence-electron chi connectivity index (χ3n) is 3.85. The molecule has 27 heavy (non-hydrogen) atoms. The van der Waals surface area contributed by atoms with Crippen LogP contribution in [0.3, 0.4) is 0 Å². The third kappa shape index (κ3) is 5.24. The standard InChI is InChI=1S/C18H21N5O4/c1-4-13-5-6-14(10-15(13)23(26)27)21-18(25)17(24)20-11-12-7-8-19-16(9-12)22(2)3/h5-10H,4,11H2,1-3H3,(H,20,24)(H,21,25). The Morgan fingerprint density at radius 2 is 1.93 bits per heavy atom. The summed E-state index contributed by atoms with van der Waals surface area (Å²) in [7, 11) is 3.70. The van der Waals surface area contributed by atoms with Crippen LogP contribution in [-0.4, -0.2) is 35.8 Å². The Hall–Kier alpha value is -3.49. The second-order valence-corrected chi connectivity index (χ2v) is 6.01. The number of nitrogens with one attached hydrogen (secondary N) is 2. The number of hydrogen-bond donors (Lipinski definition) is 2. The van der Waals surface area contributed by atoms with Gasteiger partial charge in [0.1, 0.15) is 5.82 Å². The predicted octanol–water partition coefficient (Wildman–Crippen LogP) is 1.87. The smallest absolute Gasteiger partial charge is 0.313 e. The van der Waals surface area contributed by atoms with Crippen molar-refractivity contribution in [3.8, 4) is 0 Å². The van der Waals surface area contributed by atoms with Gasteiger partial charge in [0.15, 0.2) is 0 Å². The molecule has 0 bridgehead atoms. The summed E-state index contributed by atoms with van der Waals surface area (Å²) in [5.74, 6) is -0.995. The number of rotatable bonds is 6. The topological polar surface area (TPSA) is 117 Å². The van der Waals surface area contributed by atoms with Crippen LogP contribution in [0.2, 0.25) is 0 Å². The summed E-state index contributed by atoms with van der Waals surface area (Å²) in [4.78, 5) is 40.6. The van der Waals surface area contributed by atoms with Crippen LogP contribution in [0.1, 0.15) is 18.1 Å². The first-order valence-electron chi connectivity index (χ1n) is 8.30. The van der Waals surface area contributed by atoms with Crippen molar-refractivity contribution in [3.05, 3.63) is 57.8 Å². The first-order chi connectivity index (χ1) is 12.8. The largest absolute Gasteiger partial charge is 0.363 e. The highest BCUT2D eigenvalue weighted by Crippen LogP contribution is 2.23. The lowest BCUT2D eigenvalue weighted by Gasteiger charge is -2.12. The number of carbonyl (C=O) groups excluding carboxylic acids is 2. The van der Waals surface area contributed by atoms with E-state index in [4.69, 9.17) is 0 Å². The van der Waals surface area contributed by atoms with Crippen molar-refractivity contribution in [3.63, 3.8) is 0 Å². The average Bonchev–Trinajstić information content (AvgIpc) is 2.66. The zero-order valence-electron chi connectivity index (χ0n) is 15.4. The number of aromatic nitrogens is 1. The number of nitrogens with zero attached hydrogens (tertiary/aromatic N) is 3. The quantitative estimate of drug-likeness (QED) is 0.455. The Bertz CT molecular complexity index is 867. The van der Waals surface area contributed by atoms with Gasteiger partial charge in [-0.05, 0) is 30.2 Å². The fourth-order valence-corrected chi connectivity index (χ4v) is 2.38. The molecule has 0 aliphatic carbocycles. The van der Waals surface area contributed by atoms with E-state index in [9.17, 15) is 19.7 Å². The monoisotopic (exact) mass is 371 g/mol. The van der Waals surface area contributed by atoms with Crippen LogP contribution in [0.4, 0.5) is 17.2 Å². The molecular weight excluding hydrogens is 350 g/mol. The third-order valence-corrected chi connectivity index (χ3v) is 3.85. The SMILES string of the molecule is CCc1ccc(NC(=O)C(=O)NCc2ccnc(N(C)C)c2)cc1[N+](=O)[O-]. The normalized spacial score (nSPS) is 10.2. The zero-order valence-corrected chi connectivity index (χ0v) is 15.4. The number of hydrogen-bond acceptors (Lipinski definition) is 6. The number of pyridine rings is 1. The molecule has 2 aromatic rings. The molecule has 0 aliphatic heterocycles. The van der Waals surface area contributed by atoms with Crippen LogP contribution in [0.15, 0.2) is 36.5 Å². The van der Waals surface area contributed by atoms with Gasteiger partial charge in [-0.1, -0.05) is 13.0 Å². The van der Waals surface area contributed by atoms with Gasteiger partial charge in [0, 0.05) is 44.2 Å². The molecule has 0 spiro atoms. The van der Waals surface area contributed by atoms with E-state index in [2.05, 4.69) is 15.6 Å². The van der Waals surface area contributed by atoms with E-state index in [1.807, 2.05) is 19.0 Å². The Kier molecular flexibility index (Phi) is 6.42. The summed E-state index contributed by atoms with van der Waals surface area (Å²) in [6, 6.07) is 7.87. The molecule has 0 saturated heterocycles. The van der Waals surface area contributed by atoms with Crippen molar-refractivity contribution in [2.75, 3.05) is 24.3 Å². The molecule has 9 heteroatoms. The number of anilines is 2. The summed E-state index contributed by atoms with van der Waals surface area (Å²) >= 11 is 0. The van der Waals surface area contributed by atoms with Gasteiger partial charge in [0.25, 0.3) is 5.69 Å². The van der Waals surface area contributed by atoms with Gasteiger partial charge in [-0.15, -0.1) is 0 Å². The Morgan fingerprint density at radius 3 is 2.56 bits per heavy atom. The van der Waals surface area contributed by atoms with Gasteiger partial charge in [-0.3, -0.25) is 19.7 Å². The first kappa shape index (κ1) is 19.8. The average molecular weight is 371 g/mol. The van der Waals surface area contributed by atoms with Gasteiger partial charge in [0.05, 0.1) is 4.92 Å². The highest BCUT2D eigenvalue weighted by Gasteiger charge is 2.17. The molecule has 9 nitrogen and oxygen atoms in total. The van der Waals surface area contributed by atoms with Crippen molar-refractivity contribution in [1.29, 1.82) is 0 Å². The number of benzene rings is 1. The van der Waals surface area contributed by atoms with Crippen LogP contribution in [-0.2, 0) is 22.6 Å². The van der Waals surface area contributed by atoms with E-state index in [1.165, 1.54) is 12.1 Å². The Labute approximate surface area is 156 Å². The van der Waals surface area contributed by atoms with Crippen molar-refractivity contribution in [1.82, 2.24) is 10.3 Å². The molecule has 0 aliphatic rings. The van der Waals surface area contributed by atoms with E-state index in [1.54, 1.807) is 31.3 Å². The number of aryl methyl sites for hydroxylation is 1. The second kappa shape index (κ2) is 8.75. The molecule has 2 rings (SSSR count). The fraction of sp³-hybridized carbons (Fsp3) is 0.278. The molecule has 1 aromatic heterocycles. The minimum atomic E-state index is -0.893. The maximum atomic E-state index is 12.0. The van der Waals surface area contributed by atoms with Gasteiger partial charge in [-0.25, -0.2) is 4.98 Å². The summed E-state index contributed by atoms with van der Waals surface area (Å²) in [5, 5.41) is 16.0. The number of nitro groups is 1. The van der Waals surface area contributed by atoms with Crippen LogP contribution in [0, 0.1) is 10.1 Å². The predicted molar refractivity (Wildman–Crippen MR) is 102 cm³/mol. The van der Waals surface area contributed by atoms with Crippen LogP contribution in [0.25, 0.3) is 0 Å². The van der Waals surface area contributed by atoms with E-state index in [0.29, 0.717) is 12.0 Å². The van der Waals surface area contributed by atoms with E-state index >= 15 is 0 Å². The fourth-order valence-electron chi connectivity index (χ4n) is 2.38.